The van der Waals surface area contributed by atoms with Crippen LogP contribution in [-0.2, 0) is 0 Å². The summed E-state index contributed by atoms with van der Waals surface area (Å²) in [7, 11) is 0. The van der Waals surface area contributed by atoms with Crippen LogP contribution >= 0.6 is 0 Å². The number of pyridine rings is 1. The smallest absolute Gasteiger partial charge is 0.270 e. The number of nitrogens with one attached hydrogen (secondary N) is 1. The molecule has 1 aromatic heterocycles. The first-order chi connectivity index (χ1) is 9.90. The summed E-state index contributed by atoms with van der Waals surface area (Å²) in [6.45, 7) is 3.10. The number of aryl methyl sites for hydroxylation is 2. The van der Waals surface area contributed by atoms with Gasteiger partial charge in [-0.3, -0.25) is 14.9 Å². The Morgan fingerprint density at radius 1 is 1.33 bits per heavy atom. The van der Waals surface area contributed by atoms with Crippen molar-refractivity contribution in [3.05, 3.63) is 63.1 Å². The SMILES string of the molecule is Cc1cccnc1NC(=O)c1cc([N+](=O)[O-])cc(C)c1F. The van der Waals surface area contributed by atoms with Gasteiger partial charge in [-0.15, -0.1) is 0 Å². The van der Waals surface area contributed by atoms with E-state index in [0.29, 0.717) is 5.56 Å². The average Bonchev–Trinajstić information content (AvgIpc) is 2.43. The van der Waals surface area contributed by atoms with Gasteiger partial charge in [0.05, 0.1) is 10.5 Å². The Labute approximate surface area is 119 Å². The second kappa shape index (κ2) is 5.66. The number of nitrogens with zero attached hydrogens (tertiary/aromatic N) is 2. The van der Waals surface area contributed by atoms with Crippen LogP contribution in [0, 0.1) is 29.8 Å². The van der Waals surface area contributed by atoms with E-state index in [4.69, 9.17) is 0 Å². The van der Waals surface area contributed by atoms with Crippen molar-refractivity contribution in [3.63, 3.8) is 0 Å². The fraction of sp³-hybridized carbons (Fsp3) is 0.143. The minimum Gasteiger partial charge on any atom is -0.306 e. The summed E-state index contributed by atoms with van der Waals surface area (Å²) in [5.74, 6) is -1.28. The number of rotatable bonds is 3. The lowest BCUT2D eigenvalue weighted by atomic mass is 10.1. The predicted molar refractivity (Wildman–Crippen MR) is 74.7 cm³/mol. The van der Waals surface area contributed by atoms with E-state index in [2.05, 4.69) is 10.3 Å². The van der Waals surface area contributed by atoms with Gasteiger partial charge in [0.2, 0.25) is 0 Å². The normalized spacial score (nSPS) is 10.2. The molecule has 1 amide bonds. The number of aromatic nitrogens is 1. The first kappa shape index (κ1) is 14.6. The molecule has 7 heteroatoms. The third kappa shape index (κ3) is 3.02. The molecule has 108 valence electrons. The van der Waals surface area contributed by atoms with Gasteiger partial charge in [0.1, 0.15) is 11.6 Å². The van der Waals surface area contributed by atoms with E-state index in [1.165, 1.54) is 13.1 Å². The Morgan fingerprint density at radius 3 is 2.67 bits per heavy atom. The molecule has 1 N–H and O–H groups in total. The molecule has 1 aromatic carbocycles. The lowest BCUT2D eigenvalue weighted by Crippen LogP contribution is -2.16. The first-order valence-corrected chi connectivity index (χ1v) is 6.07. The number of halogens is 1. The van der Waals surface area contributed by atoms with Gasteiger partial charge in [0, 0.05) is 18.3 Å². The summed E-state index contributed by atoms with van der Waals surface area (Å²) in [6, 6.07) is 5.43. The molecule has 0 aliphatic rings. The fourth-order valence-electron chi connectivity index (χ4n) is 1.81. The van der Waals surface area contributed by atoms with E-state index in [0.717, 1.165) is 12.1 Å². The van der Waals surface area contributed by atoms with Gasteiger partial charge in [-0.05, 0) is 31.0 Å². The molecule has 0 atom stereocenters. The number of hydrogen-bond donors (Lipinski definition) is 1. The van der Waals surface area contributed by atoms with Gasteiger partial charge in [0.25, 0.3) is 11.6 Å². The second-order valence-corrected chi connectivity index (χ2v) is 4.50. The number of amides is 1. The van der Waals surface area contributed by atoms with Crippen LogP contribution in [0.3, 0.4) is 0 Å². The van der Waals surface area contributed by atoms with Crippen LogP contribution in [0.15, 0.2) is 30.5 Å². The van der Waals surface area contributed by atoms with Crippen LogP contribution in [0.25, 0.3) is 0 Å². The van der Waals surface area contributed by atoms with Crippen molar-refractivity contribution in [1.82, 2.24) is 4.98 Å². The van der Waals surface area contributed by atoms with Crippen molar-refractivity contribution in [2.24, 2.45) is 0 Å². The third-order valence-electron chi connectivity index (χ3n) is 2.94. The molecular weight excluding hydrogens is 277 g/mol. The van der Waals surface area contributed by atoms with E-state index in [-0.39, 0.29) is 22.6 Å². The van der Waals surface area contributed by atoms with Gasteiger partial charge < -0.3 is 5.32 Å². The molecule has 2 aromatic rings. The fourth-order valence-corrected chi connectivity index (χ4v) is 1.81. The number of carbonyl (C=O) groups excluding carboxylic acids is 1. The molecule has 0 aliphatic heterocycles. The van der Waals surface area contributed by atoms with Crippen molar-refractivity contribution < 1.29 is 14.1 Å². The summed E-state index contributed by atoms with van der Waals surface area (Å²) >= 11 is 0. The molecule has 0 saturated carbocycles. The first-order valence-electron chi connectivity index (χ1n) is 6.07. The monoisotopic (exact) mass is 289 g/mol. The molecular formula is C14H12FN3O3. The Morgan fingerprint density at radius 2 is 2.05 bits per heavy atom. The highest BCUT2D eigenvalue weighted by atomic mass is 19.1. The Balaban J connectivity index is 2.39. The lowest BCUT2D eigenvalue weighted by molar-refractivity contribution is -0.385. The highest BCUT2D eigenvalue weighted by Gasteiger charge is 2.20. The maximum absolute atomic E-state index is 14.0. The van der Waals surface area contributed by atoms with Crippen LogP contribution in [0.2, 0.25) is 0 Å². The number of anilines is 1. The van der Waals surface area contributed by atoms with Gasteiger partial charge in [0.15, 0.2) is 0 Å². The van der Waals surface area contributed by atoms with Gasteiger partial charge in [-0.1, -0.05) is 6.07 Å². The van der Waals surface area contributed by atoms with Crippen molar-refractivity contribution in [3.8, 4) is 0 Å². The molecule has 0 radical (unpaired) electrons. The summed E-state index contributed by atoms with van der Waals surface area (Å²) in [5, 5.41) is 13.2. The number of benzene rings is 1. The largest absolute Gasteiger partial charge is 0.306 e. The van der Waals surface area contributed by atoms with Crippen LogP contribution in [0.4, 0.5) is 15.9 Å². The summed E-state index contributed by atoms with van der Waals surface area (Å²) in [6.07, 6.45) is 1.48. The van der Waals surface area contributed by atoms with Gasteiger partial charge >= 0.3 is 0 Å². The van der Waals surface area contributed by atoms with E-state index in [1.54, 1.807) is 19.1 Å². The second-order valence-electron chi connectivity index (χ2n) is 4.50. The number of non-ortho nitro benzene ring substituents is 1. The number of nitro benzene ring substituents is 1. The van der Waals surface area contributed by atoms with Crippen molar-refractivity contribution in [2.45, 2.75) is 13.8 Å². The molecule has 0 bridgehead atoms. The quantitative estimate of drug-likeness (QED) is 0.695. The zero-order valence-electron chi connectivity index (χ0n) is 11.4. The van der Waals surface area contributed by atoms with E-state index < -0.39 is 16.6 Å². The molecule has 0 saturated heterocycles. The Kier molecular flexibility index (Phi) is 3.93. The standard InChI is InChI=1S/C14H12FN3O3/c1-8-4-3-5-16-13(8)17-14(19)11-7-10(18(20)21)6-9(2)12(11)15/h3-7H,1-2H3,(H,16,17,19). The third-order valence-corrected chi connectivity index (χ3v) is 2.94. The van der Waals surface area contributed by atoms with Crippen LogP contribution in [-0.4, -0.2) is 15.8 Å². The number of nitro groups is 1. The Bertz CT molecular complexity index is 731. The zero-order chi connectivity index (χ0) is 15.6. The molecule has 0 spiro atoms. The number of carbonyl (C=O) groups is 1. The molecule has 2 rings (SSSR count). The highest BCUT2D eigenvalue weighted by Crippen LogP contribution is 2.22. The molecule has 1 heterocycles. The topological polar surface area (TPSA) is 85.1 Å². The molecule has 6 nitrogen and oxygen atoms in total. The highest BCUT2D eigenvalue weighted by molar-refractivity contribution is 6.04. The maximum Gasteiger partial charge on any atom is 0.270 e. The van der Waals surface area contributed by atoms with Crippen molar-refractivity contribution in [1.29, 1.82) is 0 Å². The number of hydrogen-bond acceptors (Lipinski definition) is 4. The summed E-state index contributed by atoms with van der Waals surface area (Å²) in [5.41, 5.74) is 0.0176. The van der Waals surface area contributed by atoms with E-state index in [9.17, 15) is 19.3 Å². The van der Waals surface area contributed by atoms with Crippen LogP contribution in [0.1, 0.15) is 21.5 Å². The van der Waals surface area contributed by atoms with Crippen LogP contribution in [0.5, 0.6) is 0 Å². The van der Waals surface area contributed by atoms with Gasteiger partial charge in [-0.25, -0.2) is 9.37 Å². The zero-order valence-corrected chi connectivity index (χ0v) is 11.4. The van der Waals surface area contributed by atoms with Gasteiger partial charge in [-0.2, -0.15) is 0 Å². The minimum atomic E-state index is -0.785. The lowest BCUT2D eigenvalue weighted by Gasteiger charge is -2.08. The van der Waals surface area contributed by atoms with E-state index >= 15 is 0 Å². The molecule has 0 aliphatic carbocycles. The van der Waals surface area contributed by atoms with Crippen molar-refractivity contribution in [2.75, 3.05) is 5.32 Å². The summed E-state index contributed by atoms with van der Waals surface area (Å²) < 4.78 is 14.0. The molecule has 0 unspecified atom stereocenters. The molecule has 21 heavy (non-hydrogen) atoms. The average molecular weight is 289 g/mol. The van der Waals surface area contributed by atoms with Crippen LogP contribution < -0.4 is 5.32 Å². The summed E-state index contributed by atoms with van der Waals surface area (Å²) in [4.78, 5) is 26.2. The molecule has 0 fully saturated rings. The van der Waals surface area contributed by atoms with Crippen molar-refractivity contribution >= 4 is 17.4 Å². The minimum absolute atomic E-state index is 0.0343. The predicted octanol–water partition coefficient (Wildman–Crippen LogP) is 3.00. The van der Waals surface area contributed by atoms with E-state index in [1.807, 2.05) is 0 Å². The Hall–Kier alpha value is -2.83. The maximum atomic E-state index is 14.0.